The number of likely N-dealkylation sites (tertiary alicyclic amines) is 1. The molecule has 3 unspecified atom stereocenters. The SMILES string of the molecule is CC(=O)N1CCC2NNC(COc3cc(C)c(Cl)cc3C(C)(C)C)C2C1. The Balaban J connectivity index is 1.73. The highest BCUT2D eigenvalue weighted by atomic mass is 35.5. The number of benzene rings is 1. The number of ether oxygens (including phenoxy) is 1. The maximum atomic E-state index is 11.7. The predicted octanol–water partition coefficient (Wildman–Crippen LogP) is 3.04. The minimum absolute atomic E-state index is 0.0488. The van der Waals surface area contributed by atoms with Gasteiger partial charge in [-0.15, -0.1) is 0 Å². The van der Waals surface area contributed by atoms with Crippen LogP contribution in [0.1, 0.15) is 45.2 Å². The van der Waals surface area contributed by atoms with Gasteiger partial charge < -0.3 is 9.64 Å². The van der Waals surface area contributed by atoms with Gasteiger partial charge in [0.2, 0.25) is 5.91 Å². The number of carbonyl (C=O) groups excluding carboxylic acids is 1. The standard InChI is InChI=1S/C20H30ClN3O2/c1-12-8-19(15(9-16(12)21)20(3,4)5)26-11-18-14-10-24(13(2)25)7-6-17(14)22-23-18/h8-9,14,17-18,22-23H,6-7,10-11H2,1-5H3. The van der Waals surface area contributed by atoms with Gasteiger partial charge in [-0.1, -0.05) is 32.4 Å². The Labute approximate surface area is 161 Å². The van der Waals surface area contributed by atoms with Gasteiger partial charge in [-0.25, -0.2) is 0 Å². The van der Waals surface area contributed by atoms with E-state index in [0.29, 0.717) is 18.6 Å². The number of rotatable bonds is 3. The van der Waals surface area contributed by atoms with Gasteiger partial charge in [0, 0.05) is 42.6 Å². The molecule has 1 aromatic carbocycles. The fourth-order valence-corrected chi connectivity index (χ4v) is 4.05. The van der Waals surface area contributed by atoms with Crippen molar-refractivity contribution in [2.75, 3.05) is 19.7 Å². The molecule has 0 aromatic heterocycles. The zero-order chi connectivity index (χ0) is 19.1. The molecule has 0 aliphatic carbocycles. The fraction of sp³-hybridized carbons (Fsp3) is 0.650. The summed E-state index contributed by atoms with van der Waals surface area (Å²) in [6.45, 7) is 12.3. The Morgan fingerprint density at radius 2 is 2.08 bits per heavy atom. The summed E-state index contributed by atoms with van der Waals surface area (Å²) in [5.41, 5.74) is 8.84. The smallest absolute Gasteiger partial charge is 0.219 e. The summed E-state index contributed by atoms with van der Waals surface area (Å²) in [5, 5.41) is 0.771. The van der Waals surface area contributed by atoms with Crippen molar-refractivity contribution in [3.8, 4) is 5.75 Å². The predicted molar refractivity (Wildman–Crippen MR) is 105 cm³/mol. The number of hydrogen-bond donors (Lipinski definition) is 2. The number of fused-ring (bicyclic) bond motifs is 1. The second-order valence-corrected chi connectivity index (χ2v) is 8.98. The van der Waals surface area contributed by atoms with E-state index in [9.17, 15) is 4.79 Å². The van der Waals surface area contributed by atoms with Gasteiger partial charge in [-0.05, 0) is 36.5 Å². The summed E-state index contributed by atoms with van der Waals surface area (Å²) in [7, 11) is 0. The van der Waals surface area contributed by atoms with Crippen LogP contribution in [0.3, 0.4) is 0 Å². The molecule has 2 N–H and O–H groups in total. The van der Waals surface area contributed by atoms with Gasteiger partial charge >= 0.3 is 0 Å². The van der Waals surface area contributed by atoms with Crippen molar-refractivity contribution < 1.29 is 9.53 Å². The van der Waals surface area contributed by atoms with E-state index in [4.69, 9.17) is 16.3 Å². The molecule has 0 spiro atoms. The van der Waals surface area contributed by atoms with Crippen molar-refractivity contribution >= 4 is 17.5 Å². The van der Waals surface area contributed by atoms with Gasteiger partial charge in [-0.2, -0.15) is 0 Å². The molecule has 0 bridgehead atoms. The van der Waals surface area contributed by atoms with Crippen molar-refractivity contribution in [1.82, 2.24) is 15.8 Å². The average Bonchev–Trinajstić information content (AvgIpc) is 2.96. The largest absolute Gasteiger partial charge is 0.492 e. The highest BCUT2D eigenvalue weighted by Crippen LogP contribution is 2.36. The van der Waals surface area contributed by atoms with E-state index in [1.54, 1.807) is 6.92 Å². The number of halogens is 1. The van der Waals surface area contributed by atoms with Crippen molar-refractivity contribution in [2.24, 2.45) is 5.92 Å². The zero-order valence-electron chi connectivity index (χ0n) is 16.4. The van der Waals surface area contributed by atoms with Crippen molar-refractivity contribution in [3.63, 3.8) is 0 Å². The molecule has 3 atom stereocenters. The van der Waals surface area contributed by atoms with Gasteiger partial charge in [0.05, 0.1) is 6.04 Å². The molecule has 144 valence electrons. The number of hydrazine groups is 1. The summed E-state index contributed by atoms with van der Waals surface area (Å²) in [5.74, 6) is 1.40. The van der Waals surface area contributed by atoms with Crippen molar-refractivity contribution in [3.05, 3.63) is 28.3 Å². The second-order valence-electron chi connectivity index (χ2n) is 8.58. The van der Waals surface area contributed by atoms with Crippen LogP contribution >= 0.6 is 11.6 Å². The van der Waals surface area contributed by atoms with E-state index in [1.165, 1.54) is 0 Å². The molecular weight excluding hydrogens is 350 g/mol. The van der Waals surface area contributed by atoms with Crippen molar-refractivity contribution in [1.29, 1.82) is 0 Å². The quantitative estimate of drug-likeness (QED) is 0.847. The molecule has 26 heavy (non-hydrogen) atoms. The van der Waals surface area contributed by atoms with Crippen LogP contribution in [-0.4, -0.2) is 42.6 Å². The molecule has 2 aliphatic rings. The summed E-state index contributed by atoms with van der Waals surface area (Å²) < 4.78 is 6.26. The number of nitrogens with zero attached hydrogens (tertiary/aromatic N) is 1. The molecule has 0 radical (unpaired) electrons. The first-order valence-corrected chi connectivity index (χ1v) is 9.74. The van der Waals surface area contributed by atoms with Crippen LogP contribution in [0.4, 0.5) is 0 Å². The zero-order valence-corrected chi connectivity index (χ0v) is 17.1. The first-order valence-electron chi connectivity index (χ1n) is 9.37. The average molecular weight is 380 g/mol. The summed E-state index contributed by atoms with van der Waals surface area (Å²) in [4.78, 5) is 13.7. The third kappa shape index (κ3) is 4.00. The summed E-state index contributed by atoms with van der Waals surface area (Å²) >= 11 is 6.34. The molecule has 5 nitrogen and oxygen atoms in total. The lowest BCUT2D eigenvalue weighted by Gasteiger charge is -2.35. The number of nitrogens with one attached hydrogen (secondary N) is 2. The molecule has 2 heterocycles. The lowest BCUT2D eigenvalue weighted by molar-refractivity contribution is -0.130. The first-order chi connectivity index (χ1) is 12.2. The summed E-state index contributed by atoms with van der Waals surface area (Å²) in [6, 6.07) is 4.62. The first kappa shape index (κ1) is 19.5. The Morgan fingerprint density at radius 1 is 1.35 bits per heavy atom. The van der Waals surface area contributed by atoms with Gasteiger partial charge in [-0.3, -0.25) is 15.6 Å². The number of aryl methyl sites for hydroxylation is 1. The Bertz CT molecular complexity index is 686. The number of hydrogen-bond acceptors (Lipinski definition) is 4. The minimum Gasteiger partial charge on any atom is -0.492 e. The van der Waals surface area contributed by atoms with Crippen LogP contribution in [0.5, 0.6) is 5.75 Å². The van der Waals surface area contributed by atoms with E-state index in [1.807, 2.05) is 24.0 Å². The van der Waals surface area contributed by atoms with Gasteiger partial charge in [0.25, 0.3) is 0 Å². The second kappa shape index (κ2) is 7.37. The third-order valence-electron chi connectivity index (χ3n) is 5.56. The Morgan fingerprint density at radius 3 is 2.73 bits per heavy atom. The molecule has 1 amide bonds. The number of piperidine rings is 1. The lowest BCUT2D eigenvalue weighted by Crippen LogP contribution is -2.48. The van der Waals surface area contributed by atoms with Crippen LogP contribution in [0, 0.1) is 12.8 Å². The van der Waals surface area contributed by atoms with E-state index in [-0.39, 0.29) is 17.4 Å². The van der Waals surface area contributed by atoms with Crippen LogP contribution < -0.4 is 15.6 Å². The third-order valence-corrected chi connectivity index (χ3v) is 5.97. The maximum absolute atomic E-state index is 11.7. The number of amides is 1. The topological polar surface area (TPSA) is 53.6 Å². The van der Waals surface area contributed by atoms with Crippen LogP contribution in [0.2, 0.25) is 5.02 Å². The van der Waals surface area contributed by atoms with E-state index in [0.717, 1.165) is 41.4 Å². The van der Waals surface area contributed by atoms with Crippen LogP contribution in [-0.2, 0) is 10.2 Å². The Hall–Kier alpha value is -1.30. The summed E-state index contributed by atoms with van der Waals surface area (Å²) in [6.07, 6.45) is 0.973. The van der Waals surface area contributed by atoms with E-state index < -0.39 is 0 Å². The van der Waals surface area contributed by atoms with E-state index >= 15 is 0 Å². The van der Waals surface area contributed by atoms with Crippen molar-refractivity contribution in [2.45, 2.75) is 58.5 Å². The fourth-order valence-electron chi connectivity index (χ4n) is 3.88. The van der Waals surface area contributed by atoms with E-state index in [2.05, 4.69) is 31.6 Å². The molecule has 2 aliphatic heterocycles. The molecule has 1 aromatic rings. The highest BCUT2D eigenvalue weighted by molar-refractivity contribution is 6.31. The van der Waals surface area contributed by atoms with Crippen LogP contribution in [0.25, 0.3) is 0 Å². The molecule has 3 rings (SSSR count). The molecule has 2 fully saturated rings. The molecule has 2 saturated heterocycles. The Kier molecular flexibility index (Phi) is 5.52. The molecule has 6 heteroatoms. The van der Waals surface area contributed by atoms with Gasteiger partial charge in [0.15, 0.2) is 0 Å². The van der Waals surface area contributed by atoms with Crippen LogP contribution in [0.15, 0.2) is 12.1 Å². The highest BCUT2D eigenvalue weighted by Gasteiger charge is 2.40. The monoisotopic (exact) mass is 379 g/mol. The normalized spacial score (nSPS) is 25.9. The number of carbonyl (C=O) groups is 1. The maximum Gasteiger partial charge on any atom is 0.219 e. The lowest BCUT2D eigenvalue weighted by atomic mass is 9.85. The minimum atomic E-state index is -0.0488. The molecular formula is C20H30ClN3O2. The van der Waals surface area contributed by atoms with Gasteiger partial charge in [0.1, 0.15) is 12.4 Å². The molecule has 0 saturated carbocycles.